The van der Waals surface area contributed by atoms with Gasteiger partial charge in [0, 0.05) is 29.5 Å². The molecule has 0 radical (unpaired) electrons. The van der Waals surface area contributed by atoms with E-state index in [1.165, 1.54) is 0 Å². The molecule has 1 rings (SSSR count). The van der Waals surface area contributed by atoms with Crippen molar-refractivity contribution in [2.24, 2.45) is 11.7 Å². The second-order valence-corrected chi connectivity index (χ2v) is 7.07. The molecule has 0 bridgehead atoms. The van der Waals surface area contributed by atoms with Crippen molar-refractivity contribution < 1.29 is 4.79 Å². The van der Waals surface area contributed by atoms with Gasteiger partial charge in [0.25, 0.3) is 5.91 Å². The maximum Gasteiger partial charge on any atom is 0.253 e. The first kappa shape index (κ1) is 21.0. The predicted octanol–water partition coefficient (Wildman–Crippen LogP) is 3.60. The van der Waals surface area contributed by atoms with E-state index in [1.54, 1.807) is 0 Å². The van der Waals surface area contributed by atoms with Crippen molar-refractivity contribution in [2.45, 2.75) is 66.5 Å². The predicted molar refractivity (Wildman–Crippen MR) is 95.9 cm³/mol. The van der Waals surface area contributed by atoms with Crippen LogP contribution in [0.1, 0.15) is 68.8 Å². The zero-order chi connectivity index (χ0) is 16.4. The van der Waals surface area contributed by atoms with Crippen molar-refractivity contribution in [3.63, 3.8) is 0 Å². The molecular weight excluding hydrogens is 298 g/mol. The Labute approximate surface area is 141 Å². The van der Waals surface area contributed by atoms with Crippen LogP contribution in [-0.4, -0.2) is 22.6 Å². The van der Waals surface area contributed by atoms with E-state index in [-0.39, 0.29) is 23.9 Å². The standard InChI is InChI=1S/C17H31N3O.ClH/c1-11(2)9-17(7,10-18)19-16(21)15-8-13(5)20(12(3)4)14(15)6;/h8,11-12H,9-10,18H2,1-7H3,(H,19,21);1H. The molecule has 1 atom stereocenters. The summed E-state index contributed by atoms with van der Waals surface area (Å²) < 4.78 is 2.19. The molecular formula is C17H32ClN3O. The molecule has 0 saturated heterocycles. The summed E-state index contributed by atoms with van der Waals surface area (Å²) in [5.41, 5.74) is 8.42. The third-order valence-corrected chi connectivity index (χ3v) is 3.97. The highest BCUT2D eigenvalue weighted by Crippen LogP contribution is 2.22. The number of aromatic nitrogens is 1. The van der Waals surface area contributed by atoms with E-state index < -0.39 is 0 Å². The van der Waals surface area contributed by atoms with Crippen LogP contribution in [0.25, 0.3) is 0 Å². The topological polar surface area (TPSA) is 60.1 Å². The summed E-state index contributed by atoms with van der Waals surface area (Å²) >= 11 is 0. The second kappa shape index (κ2) is 8.02. The highest BCUT2D eigenvalue weighted by atomic mass is 35.5. The van der Waals surface area contributed by atoms with Gasteiger partial charge in [-0.25, -0.2) is 0 Å². The van der Waals surface area contributed by atoms with Crippen molar-refractivity contribution in [1.82, 2.24) is 9.88 Å². The van der Waals surface area contributed by atoms with E-state index >= 15 is 0 Å². The van der Waals surface area contributed by atoms with Crippen molar-refractivity contribution in [3.8, 4) is 0 Å². The van der Waals surface area contributed by atoms with Crippen LogP contribution in [0.3, 0.4) is 0 Å². The van der Waals surface area contributed by atoms with Crippen LogP contribution >= 0.6 is 12.4 Å². The van der Waals surface area contributed by atoms with E-state index in [2.05, 4.69) is 37.6 Å². The molecule has 1 unspecified atom stereocenters. The van der Waals surface area contributed by atoms with Crippen molar-refractivity contribution in [2.75, 3.05) is 6.54 Å². The number of aryl methyl sites for hydroxylation is 1. The molecule has 0 saturated carbocycles. The van der Waals surface area contributed by atoms with Gasteiger partial charge < -0.3 is 15.6 Å². The number of nitrogens with two attached hydrogens (primary N) is 1. The van der Waals surface area contributed by atoms with Gasteiger partial charge in [0.15, 0.2) is 0 Å². The highest BCUT2D eigenvalue weighted by Gasteiger charge is 2.28. The van der Waals surface area contributed by atoms with Crippen molar-refractivity contribution >= 4 is 18.3 Å². The van der Waals surface area contributed by atoms with Gasteiger partial charge in [0.2, 0.25) is 0 Å². The Morgan fingerprint density at radius 2 is 1.86 bits per heavy atom. The van der Waals surface area contributed by atoms with Gasteiger partial charge in [0.1, 0.15) is 0 Å². The number of halogens is 1. The molecule has 0 fully saturated rings. The van der Waals surface area contributed by atoms with Gasteiger partial charge in [-0.2, -0.15) is 0 Å². The average molecular weight is 330 g/mol. The lowest BCUT2D eigenvalue weighted by Gasteiger charge is -2.31. The number of nitrogens with one attached hydrogen (secondary N) is 1. The zero-order valence-corrected chi connectivity index (χ0v) is 15.8. The Morgan fingerprint density at radius 3 is 2.23 bits per heavy atom. The molecule has 1 aromatic rings. The first-order chi connectivity index (χ1) is 9.61. The summed E-state index contributed by atoms with van der Waals surface area (Å²) in [6, 6.07) is 2.32. The van der Waals surface area contributed by atoms with E-state index in [0.29, 0.717) is 18.5 Å². The van der Waals surface area contributed by atoms with E-state index in [9.17, 15) is 4.79 Å². The van der Waals surface area contributed by atoms with Crippen LogP contribution < -0.4 is 11.1 Å². The number of hydrogen-bond acceptors (Lipinski definition) is 2. The molecule has 4 nitrogen and oxygen atoms in total. The van der Waals surface area contributed by atoms with Gasteiger partial charge in [-0.15, -0.1) is 12.4 Å². The Balaban J connectivity index is 0.00000441. The Kier molecular flexibility index (Phi) is 7.66. The first-order valence-electron chi connectivity index (χ1n) is 7.82. The van der Waals surface area contributed by atoms with Crippen LogP contribution in [0, 0.1) is 19.8 Å². The van der Waals surface area contributed by atoms with Gasteiger partial charge >= 0.3 is 0 Å². The lowest BCUT2D eigenvalue weighted by atomic mass is 9.90. The summed E-state index contributed by atoms with van der Waals surface area (Å²) in [5.74, 6) is 0.463. The fourth-order valence-corrected chi connectivity index (χ4v) is 3.23. The first-order valence-corrected chi connectivity index (χ1v) is 7.82. The maximum atomic E-state index is 12.6. The molecule has 1 aromatic heterocycles. The SMILES string of the molecule is Cc1cc(C(=O)NC(C)(CN)CC(C)C)c(C)n1C(C)C.Cl. The van der Waals surface area contributed by atoms with Gasteiger partial charge in [-0.05, 0) is 53.0 Å². The normalized spacial score (nSPS) is 13.9. The minimum Gasteiger partial charge on any atom is -0.346 e. The molecule has 128 valence electrons. The molecule has 0 spiro atoms. The van der Waals surface area contributed by atoms with E-state index in [1.807, 2.05) is 26.8 Å². The maximum absolute atomic E-state index is 12.6. The summed E-state index contributed by atoms with van der Waals surface area (Å²) in [6.45, 7) is 15.1. The van der Waals surface area contributed by atoms with Gasteiger partial charge in [-0.3, -0.25) is 4.79 Å². The van der Waals surface area contributed by atoms with Crippen molar-refractivity contribution in [1.29, 1.82) is 0 Å². The molecule has 1 heterocycles. The fraction of sp³-hybridized carbons (Fsp3) is 0.706. The second-order valence-electron chi connectivity index (χ2n) is 7.07. The minimum absolute atomic E-state index is 0. The molecule has 1 amide bonds. The highest BCUT2D eigenvalue weighted by molar-refractivity contribution is 5.96. The largest absolute Gasteiger partial charge is 0.346 e. The molecule has 0 aromatic carbocycles. The average Bonchev–Trinajstić information content (AvgIpc) is 2.63. The Morgan fingerprint density at radius 1 is 1.32 bits per heavy atom. The number of carbonyl (C=O) groups excluding carboxylic acids is 1. The third kappa shape index (κ3) is 4.75. The minimum atomic E-state index is -0.356. The molecule has 5 heteroatoms. The number of hydrogen-bond donors (Lipinski definition) is 2. The molecule has 22 heavy (non-hydrogen) atoms. The summed E-state index contributed by atoms with van der Waals surface area (Å²) in [6.07, 6.45) is 0.873. The Bertz CT molecular complexity index is 508. The molecule has 3 N–H and O–H groups in total. The number of carbonyl (C=O) groups is 1. The lowest BCUT2D eigenvalue weighted by molar-refractivity contribution is 0.0897. The summed E-state index contributed by atoms with van der Waals surface area (Å²) in [4.78, 5) is 12.6. The zero-order valence-electron chi connectivity index (χ0n) is 15.0. The summed E-state index contributed by atoms with van der Waals surface area (Å²) in [7, 11) is 0. The monoisotopic (exact) mass is 329 g/mol. The van der Waals surface area contributed by atoms with Crippen LogP contribution in [0.2, 0.25) is 0 Å². The van der Waals surface area contributed by atoms with E-state index in [4.69, 9.17) is 5.73 Å². The fourth-order valence-electron chi connectivity index (χ4n) is 3.23. The number of rotatable bonds is 6. The number of nitrogens with zero attached hydrogens (tertiary/aromatic N) is 1. The summed E-state index contributed by atoms with van der Waals surface area (Å²) in [5, 5.41) is 3.13. The lowest BCUT2D eigenvalue weighted by Crippen LogP contribution is -2.52. The van der Waals surface area contributed by atoms with Crippen LogP contribution in [-0.2, 0) is 0 Å². The quantitative estimate of drug-likeness (QED) is 0.837. The van der Waals surface area contributed by atoms with Crippen LogP contribution in [0.5, 0.6) is 0 Å². The third-order valence-electron chi connectivity index (χ3n) is 3.97. The molecule has 0 aliphatic heterocycles. The van der Waals surface area contributed by atoms with Gasteiger partial charge in [0.05, 0.1) is 5.56 Å². The number of amides is 1. The van der Waals surface area contributed by atoms with Gasteiger partial charge in [-0.1, -0.05) is 13.8 Å². The van der Waals surface area contributed by atoms with E-state index in [0.717, 1.165) is 23.4 Å². The molecule has 0 aliphatic carbocycles. The molecule has 0 aliphatic rings. The Hall–Kier alpha value is -1.000. The smallest absolute Gasteiger partial charge is 0.253 e. The van der Waals surface area contributed by atoms with Crippen LogP contribution in [0.4, 0.5) is 0 Å². The van der Waals surface area contributed by atoms with Crippen LogP contribution in [0.15, 0.2) is 6.07 Å². The van der Waals surface area contributed by atoms with Crippen molar-refractivity contribution in [3.05, 3.63) is 23.0 Å².